The van der Waals surface area contributed by atoms with Gasteiger partial charge in [0, 0.05) is 20.3 Å². The average molecular weight is 337 g/mol. The number of likely N-dealkylation sites (N-methyl/N-ethyl adjacent to an activating group) is 1. The highest BCUT2D eigenvalue weighted by molar-refractivity contribution is 6.58. The molecule has 0 aliphatic carbocycles. The first-order valence-electron chi connectivity index (χ1n) is 7.40. The maximum atomic E-state index is 12.2. The van der Waals surface area contributed by atoms with E-state index in [1.165, 1.54) is 7.11 Å². The van der Waals surface area contributed by atoms with Crippen LogP contribution in [0.5, 0.6) is 0 Å². The highest BCUT2D eigenvalue weighted by Gasteiger charge is 2.52. The van der Waals surface area contributed by atoms with E-state index in [4.69, 9.17) is 23.1 Å². The summed E-state index contributed by atoms with van der Waals surface area (Å²) in [7, 11) is -1.92. The number of carboxylic acid groups (broad SMARTS) is 1. The van der Waals surface area contributed by atoms with Crippen molar-refractivity contribution in [2.45, 2.75) is 40.2 Å². The number of nitrogens with zero attached hydrogens (tertiary/aromatic N) is 1. The van der Waals surface area contributed by atoms with Crippen molar-refractivity contribution in [3.8, 4) is 0 Å². The van der Waals surface area contributed by atoms with Gasteiger partial charge in [0.05, 0.1) is 13.0 Å². The van der Waals surface area contributed by atoms with E-state index in [0.29, 0.717) is 19.8 Å². The first kappa shape index (κ1) is 21.0. The van der Waals surface area contributed by atoms with E-state index < -0.39 is 33.4 Å². The van der Waals surface area contributed by atoms with Crippen LogP contribution in [0.2, 0.25) is 0 Å². The number of rotatable bonds is 12. The standard InChI is InChI=1S/C13H27NO7Si/c1-6-14(22(18-5,20-8-3)21-9-4)11(10-12(15)16)13(17)19-7-2/h11H,6-10H2,1-5H3,(H,15,16). The Bertz CT molecular complexity index is 347. The lowest BCUT2D eigenvalue weighted by molar-refractivity contribution is -0.154. The second kappa shape index (κ2) is 10.7. The molecule has 0 aliphatic rings. The molecule has 1 unspecified atom stereocenters. The van der Waals surface area contributed by atoms with Crippen LogP contribution in [0.4, 0.5) is 0 Å². The molecule has 0 bridgehead atoms. The van der Waals surface area contributed by atoms with Crippen molar-refractivity contribution in [1.29, 1.82) is 0 Å². The Kier molecular flexibility index (Phi) is 10.2. The van der Waals surface area contributed by atoms with Gasteiger partial charge in [0.25, 0.3) is 0 Å². The Labute approximate surface area is 132 Å². The molecule has 0 saturated carbocycles. The van der Waals surface area contributed by atoms with E-state index in [-0.39, 0.29) is 6.61 Å². The first-order valence-corrected chi connectivity index (χ1v) is 9.07. The second-order valence-corrected chi connectivity index (χ2v) is 6.85. The van der Waals surface area contributed by atoms with Gasteiger partial charge >= 0.3 is 20.9 Å². The number of carbonyl (C=O) groups excluding carboxylic acids is 1. The maximum Gasteiger partial charge on any atom is 0.600 e. The van der Waals surface area contributed by atoms with Gasteiger partial charge in [0.1, 0.15) is 6.04 Å². The predicted octanol–water partition coefficient (Wildman–Crippen LogP) is 0.870. The smallest absolute Gasteiger partial charge is 0.481 e. The van der Waals surface area contributed by atoms with Crippen molar-refractivity contribution >= 4 is 20.9 Å². The number of hydrogen-bond donors (Lipinski definition) is 1. The minimum atomic E-state index is -3.35. The molecule has 0 aromatic carbocycles. The molecule has 0 rings (SSSR count). The molecule has 1 atom stereocenters. The van der Waals surface area contributed by atoms with E-state index in [0.717, 1.165) is 0 Å². The molecule has 22 heavy (non-hydrogen) atoms. The monoisotopic (exact) mass is 337 g/mol. The normalized spacial score (nSPS) is 13.2. The van der Waals surface area contributed by atoms with E-state index in [1.54, 1.807) is 32.3 Å². The van der Waals surface area contributed by atoms with Gasteiger partial charge in [-0.25, -0.2) is 4.57 Å². The van der Waals surface area contributed by atoms with Crippen LogP contribution in [0.1, 0.15) is 34.1 Å². The molecule has 0 aromatic heterocycles. The van der Waals surface area contributed by atoms with Crippen molar-refractivity contribution in [3.63, 3.8) is 0 Å². The van der Waals surface area contributed by atoms with Crippen molar-refractivity contribution in [1.82, 2.24) is 4.57 Å². The molecule has 0 radical (unpaired) electrons. The second-order valence-electron chi connectivity index (χ2n) is 4.25. The van der Waals surface area contributed by atoms with Crippen LogP contribution in [0.3, 0.4) is 0 Å². The molecule has 0 amide bonds. The molecule has 130 valence electrons. The number of hydrogen-bond acceptors (Lipinski definition) is 7. The SMILES string of the molecule is CCOC(=O)C(CC(=O)O)N(CC)[Si](OC)(OCC)OCC. The Morgan fingerprint density at radius 2 is 1.64 bits per heavy atom. The largest absolute Gasteiger partial charge is 0.600 e. The van der Waals surface area contributed by atoms with Gasteiger partial charge < -0.3 is 23.1 Å². The molecule has 8 nitrogen and oxygen atoms in total. The topological polar surface area (TPSA) is 94.5 Å². The number of esters is 1. The third-order valence-electron chi connectivity index (χ3n) is 2.91. The summed E-state index contributed by atoms with van der Waals surface area (Å²) in [5, 5.41) is 9.10. The first-order chi connectivity index (χ1) is 10.4. The molecule has 0 saturated heterocycles. The van der Waals surface area contributed by atoms with Crippen molar-refractivity contribution in [2.24, 2.45) is 0 Å². The van der Waals surface area contributed by atoms with Gasteiger partial charge in [-0.1, -0.05) is 6.92 Å². The fraction of sp³-hybridized carbons (Fsp3) is 0.846. The molecule has 0 aromatic rings. The van der Waals surface area contributed by atoms with Gasteiger partial charge in [-0.15, -0.1) is 0 Å². The number of aliphatic carboxylic acids is 1. The zero-order valence-electron chi connectivity index (χ0n) is 14.0. The Morgan fingerprint density at radius 1 is 1.09 bits per heavy atom. The molecule has 0 aliphatic heterocycles. The zero-order valence-corrected chi connectivity index (χ0v) is 15.0. The molecule has 0 heterocycles. The van der Waals surface area contributed by atoms with Crippen molar-refractivity contribution in [3.05, 3.63) is 0 Å². The molecule has 9 heteroatoms. The van der Waals surface area contributed by atoms with Crippen molar-refractivity contribution < 1.29 is 32.7 Å². The van der Waals surface area contributed by atoms with Gasteiger partial charge in [-0.3, -0.25) is 9.59 Å². The van der Waals surface area contributed by atoms with Gasteiger partial charge in [0.2, 0.25) is 0 Å². The summed E-state index contributed by atoms with van der Waals surface area (Å²) in [6.45, 7) is 8.14. The summed E-state index contributed by atoms with van der Waals surface area (Å²) in [5.41, 5.74) is 0. The van der Waals surface area contributed by atoms with Crippen LogP contribution >= 0.6 is 0 Å². The van der Waals surface area contributed by atoms with Crippen LogP contribution in [0, 0.1) is 0 Å². The van der Waals surface area contributed by atoms with Gasteiger partial charge in [-0.2, -0.15) is 0 Å². The van der Waals surface area contributed by atoms with Gasteiger partial charge in [0.15, 0.2) is 0 Å². The number of carbonyl (C=O) groups is 2. The lowest BCUT2D eigenvalue weighted by Gasteiger charge is -2.39. The van der Waals surface area contributed by atoms with Crippen LogP contribution in [-0.4, -0.2) is 70.1 Å². The summed E-state index contributed by atoms with van der Waals surface area (Å²) in [6, 6.07) is -1.02. The summed E-state index contributed by atoms with van der Waals surface area (Å²) in [4.78, 5) is 23.3. The van der Waals surface area contributed by atoms with E-state index in [2.05, 4.69) is 0 Å². The minimum absolute atomic E-state index is 0.164. The highest BCUT2D eigenvalue weighted by Crippen LogP contribution is 2.21. The highest BCUT2D eigenvalue weighted by atomic mass is 28.4. The summed E-state index contributed by atoms with van der Waals surface area (Å²) < 4.78 is 23.4. The zero-order chi connectivity index (χ0) is 17.2. The molecule has 0 spiro atoms. The lowest BCUT2D eigenvalue weighted by Crippen LogP contribution is -2.65. The predicted molar refractivity (Wildman–Crippen MR) is 81.1 cm³/mol. The van der Waals surface area contributed by atoms with Crippen LogP contribution in [0.15, 0.2) is 0 Å². The van der Waals surface area contributed by atoms with Crippen LogP contribution in [-0.2, 0) is 27.6 Å². The van der Waals surface area contributed by atoms with Crippen molar-refractivity contribution in [2.75, 3.05) is 33.5 Å². The minimum Gasteiger partial charge on any atom is -0.481 e. The quantitative estimate of drug-likeness (QED) is 0.414. The lowest BCUT2D eigenvalue weighted by atomic mass is 10.2. The van der Waals surface area contributed by atoms with Crippen LogP contribution < -0.4 is 0 Å². The summed E-state index contributed by atoms with van der Waals surface area (Å²) in [5.74, 6) is -1.73. The fourth-order valence-corrected chi connectivity index (χ4v) is 4.72. The molecular weight excluding hydrogens is 310 g/mol. The Morgan fingerprint density at radius 3 is 1.95 bits per heavy atom. The van der Waals surface area contributed by atoms with E-state index in [1.807, 2.05) is 0 Å². The van der Waals surface area contributed by atoms with E-state index >= 15 is 0 Å². The Hall–Kier alpha value is -1.00. The third-order valence-corrected chi connectivity index (χ3v) is 6.06. The Balaban J connectivity index is 5.62. The number of carboxylic acids is 1. The molecule has 1 N–H and O–H groups in total. The fourth-order valence-electron chi connectivity index (χ4n) is 2.14. The van der Waals surface area contributed by atoms with E-state index in [9.17, 15) is 9.59 Å². The maximum absolute atomic E-state index is 12.2. The third kappa shape index (κ3) is 5.65. The average Bonchev–Trinajstić information content (AvgIpc) is 2.47. The summed E-state index contributed by atoms with van der Waals surface area (Å²) in [6.07, 6.45) is -0.412. The molecule has 0 fully saturated rings. The number of ether oxygens (including phenoxy) is 1. The summed E-state index contributed by atoms with van der Waals surface area (Å²) >= 11 is 0. The molecular formula is C13H27NO7Si. The van der Waals surface area contributed by atoms with Crippen LogP contribution in [0.25, 0.3) is 0 Å². The van der Waals surface area contributed by atoms with Gasteiger partial charge in [-0.05, 0) is 27.3 Å².